The molecule has 0 saturated carbocycles. The normalized spacial score (nSPS) is 22.1. The van der Waals surface area contributed by atoms with Crippen LogP contribution in [0, 0.1) is 0 Å². The predicted molar refractivity (Wildman–Crippen MR) is 58.7 cm³/mol. The summed E-state index contributed by atoms with van der Waals surface area (Å²) in [5.74, 6) is 0. The standard InChI is InChI=1S/C6H9ClN2O6S2/c1-16(12,13)4-3-8(5(7)10)6(11)9(4)17(2,14)15/h4H,3H2,1-2H3. The minimum atomic E-state index is -4.10. The lowest BCUT2D eigenvalue weighted by atomic mass is 10.6. The highest BCUT2D eigenvalue weighted by Gasteiger charge is 2.49. The topological polar surface area (TPSA) is 109 Å². The number of nitrogens with zero attached hydrogens (tertiary/aromatic N) is 2. The lowest BCUT2D eigenvalue weighted by molar-refractivity contribution is 0.205. The molecule has 1 saturated heterocycles. The lowest BCUT2D eigenvalue weighted by Crippen LogP contribution is -2.42. The predicted octanol–water partition coefficient (Wildman–Crippen LogP) is -0.587. The molecule has 0 aromatic rings. The van der Waals surface area contributed by atoms with E-state index in [1.807, 2.05) is 0 Å². The van der Waals surface area contributed by atoms with Gasteiger partial charge in [0, 0.05) is 6.26 Å². The van der Waals surface area contributed by atoms with Gasteiger partial charge in [-0.15, -0.1) is 0 Å². The molecule has 1 fully saturated rings. The molecule has 0 radical (unpaired) electrons. The molecule has 1 unspecified atom stereocenters. The Morgan fingerprint density at radius 3 is 2.00 bits per heavy atom. The van der Waals surface area contributed by atoms with Crippen molar-refractivity contribution in [2.45, 2.75) is 5.37 Å². The number of halogens is 1. The summed E-state index contributed by atoms with van der Waals surface area (Å²) in [5.41, 5.74) is 0. The maximum absolute atomic E-state index is 11.6. The minimum absolute atomic E-state index is 0.141. The molecule has 0 N–H and O–H groups in total. The van der Waals surface area contributed by atoms with Crippen LogP contribution in [0.15, 0.2) is 0 Å². The van der Waals surface area contributed by atoms with E-state index in [0.717, 1.165) is 6.26 Å². The minimum Gasteiger partial charge on any atom is -0.255 e. The molecule has 0 aromatic heterocycles. The summed E-state index contributed by atoms with van der Waals surface area (Å²) in [4.78, 5) is 22.8. The number of rotatable bonds is 2. The third-order valence-corrected chi connectivity index (χ3v) is 4.89. The van der Waals surface area contributed by atoms with E-state index >= 15 is 0 Å². The first-order valence-electron chi connectivity index (χ1n) is 4.15. The van der Waals surface area contributed by atoms with Gasteiger partial charge in [-0.25, -0.2) is 30.8 Å². The molecule has 98 valence electrons. The number of hydrogen-bond acceptors (Lipinski definition) is 6. The van der Waals surface area contributed by atoms with Gasteiger partial charge in [-0.3, -0.25) is 4.79 Å². The molecule has 0 aromatic carbocycles. The Labute approximate surface area is 103 Å². The fourth-order valence-corrected chi connectivity index (χ4v) is 4.18. The van der Waals surface area contributed by atoms with Crippen molar-refractivity contribution in [2.75, 3.05) is 19.1 Å². The monoisotopic (exact) mass is 304 g/mol. The third kappa shape index (κ3) is 2.69. The number of carbonyl (C=O) groups is 2. The van der Waals surface area contributed by atoms with E-state index < -0.39 is 43.2 Å². The second-order valence-electron chi connectivity index (χ2n) is 3.49. The highest BCUT2D eigenvalue weighted by Crippen LogP contribution is 2.24. The lowest BCUT2D eigenvalue weighted by Gasteiger charge is -2.18. The molecule has 0 bridgehead atoms. The van der Waals surface area contributed by atoms with Crippen LogP contribution in [-0.4, -0.2) is 61.9 Å². The first-order valence-corrected chi connectivity index (χ1v) is 8.33. The van der Waals surface area contributed by atoms with Crippen LogP contribution in [0.1, 0.15) is 0 Å². The van der Waals surface area contributed by atoms with Gasteiger partial charge in [0.1, 0.15) is 0 Å². The maximum Gasteiger partial charge on any atom is 0.342 e. The number of sulfonamides is 1. The summed E-state index contributed by atoms with van der Waals surface area (Å²) in [6.45, 7) is -0.604. The Hall–Kier alpha value is -0.870. The Bertz CT molecular complexity index is 567. The molecule has 0 spiro atoms. The van der Waals surface area contributed by atoms with Gasteiger partial charge < -0.3 is 0 Å². The smallest absolute Gasteiger partial charge is 0.255 e. The molecule has 1 atom stereocenters. The van der Waals surface area contributed by atoms with Crippen LogP contribution >= 0.6 is 11.6 Å². The zero-order valence-electron chi connectivity index (χ0n) is 8.82. The molecule has 0 aliphatic carbocycles. The molecule has 3 amide bonds. The fourth-order valence-electron chi connectivity index (χ4n) is 1.36. The van der Waals surface area contributed by atoms with E-state index in [2.05, 4.69) is 0 Å². The van der Waals surface area contributed by atoms with Crippen LogP contribution in [-0.2, 0) is 19.9 Å². The van der Waals surface area contributed by atoms with Gasteiger partial charge in [0.05, 0.1) is 12.8 Å². The summed E-state index contributed by atoms with van der Waals surface area (Å²) < 4.78 is 45.5. The second kappa shape index (κ2) is 4.10. The first kappa shape index (κ1) is 14.2. The Kier molecular flexibility index (Phi) is 3.43. The molecule has 1 aliphatic rings. The Morgan fingerprint density at radius 1 is 1.29 bits per heavy atom. The van der Waals surface area contributed by atoms with E-state index in [4.69, 9.17) is 11.6 Å². The van der Waals surface area contributed by atoms with Gasteiger partial charge in [0.2, 0.25) is 10.0 Å². The summed E-state index contributed by atoms with van der Waals surface area (Å²) >= 11 is 5.06. The van der Waals surface area contributed by atoms with E-state index in [0.29, 0.717) is 11.2 Å². The van der Waals surface area contributed by atoms with Gasteiger partial charge >= 0.3 is 11.4 Å². The van der Waals surface area contributed by atoms with E-state index in [9.17, 15) is 26.4 Å². The first-order chi connectivity index (χ1) is 7.46. The largest absolute Gasteiger partial charge is 0.342 e. The quantitative estimate of drug-likeness (QED) is 0.498. The number of amides is 3. The molecular formula is C6H9ClN2O6S2. The summed E-state index contributed by atoms with van der Waals surface area (Å²) in [6, 6.07) is -1.26. The zero-order chi connectivity index (χ0) is 13.6. The average Bonchev–Trinajstić information content (AvgIpc) is 2.40. The Morgan fingerprint density at radius 2 is 1.76 bits per heavy atom. The van der Waals surface area contributed by atoms with Crippen molar-refractivity contribution in [3.8, 4) is 0 Å². The zero-order valence-corrected chi connectivity index (χ0v) is 11.2. The van der Waals surface area contributed by atoms with Crippen LogP contribution in [0.2, 0.25) is 0 Å². The van der Waals surface area contributed by atoms with Crippen LogP contribution in [0.5, 0.6) is 0 Å². The number of hydrogen-bond donors (Lipinski definition) is 0. The van der Waals surface area contributed by atoms with Gasteiger partial charge in [-0.1, -0.05) is 0 Å². The number of urea groups is 1. The van der Waals surface area contributed by atoms with Crippen molar-refractivity contribution in [2.24, 2.45) is 0 Å². The molecule has 1 aliphatic heterocycles. The van der Waals surface area contributed by atoms with Gasteiger partial charge in [0.25, 0.3) is 0 Å². The van der Waals surface area contributed by atoms with Crippen LogP contribution in [0.25, 0.3) is 0 Å². The van der Waals surface area contributed by atoms with E-state index in [-0.39, 0.29) is 4.31 Å². The summed E-state index contributed by atoms with van der Waals surface area (Å²) in [7, 11) is -7.96. The fraction of sp³-hybridized carbons (Fsp3) is 0.667. The number of sulfone groups is 1. The molecular weight excluding hydrogens is 296 g/mol. The van der Waals surface area contributed by atoms with Gasteiger partial charge in [-0.05, 0) is 11.6 Å². The molecule has 8 nitrogen and oxygen atoms in total. The molecule has 1 heterocycles. The highest BCUT2D eigenvalue weighted by molar-refractivity contribution is 7.93. The van der Waals surface area contributed by atoms with E-state index in [1.54, 1.807) is 0 Å². The van der Waals surface area contributed by atoms with Crippen molar-refractivity contribution in [1.29, 1.82) is 0 Å². The number of carbonyl (C=O) groups excluding carboxylic acids is 2. The molecule has 1 rings (SSSR count). The average molecular weight is 305 g/mol. The van der Waals surface area contributed by atoms with Crippen LogP contribution < -0.4 is 0 Å². The third-order valence-electron chi connectivity index (χ3n) is 2.08. The van der Waals surface area contributed by atoms with Crippen molar-refractivity contribution in [1.82, 2.24) is 9.21 Å². The van der Waals surface area contributed by atoms with Crippen LogP contribution in [0.4, 0.5) is 9.59 Å². The van der Waals surface area contributed by atoms with Crippen molar-refractivity contribution in [3.63, 3.8) is 0 Å². The van der Waals surface area contributed by atoms with Crippen molar-refractivity contribution < 1.29 is 26.4 Å². The molecule has 11 heteroatoms. The van der Waals surface area contributed by atoms with Crippen molar-refractivity contribution >= 4 is 42.9 Å². The van der Waals surface area contributed by atoms with Crippen LogP contribution in [0.3, 0.4) is 0 Å². The number of imide groups is 1. The maximum atomic E-state index is 11.6. The van der Waals surface area contributed by atoms with Crippen molar-refractivity contribution in [3.05, 3.63) is 0 Å². The summed E-state index contributed by atoms with van der Waals surface area (Å²) in [6.07, 6.45) is 1.44. The second-order valence-corrected chi connectivity index (χ2v) is 7.88. The van der Waals surface area contributed by atoms with E-state index in [1.165, 1.54) is 0 Å². The van der Waals surface area contributed by atoms with Gasteiger partial charge in [0.15, 0.2) is 15.2 Å². The Balaban J connectivity index is 3.33. The SMILES string of the molecule is CS(=O)(=O)C1CN(C(=O)Cl)C(=O)N1S(C)(=O)=O. The summed E-state index contributed by atoms with van der Waals surface area (Å²) in [5, 5.41) is -2.86. The van der Waals surface area contributed by atoms with Gasteiger partial charge in [-0.2, -0.15) is 0 Å². The molecule has 17 heavy (non-hydrogen) atoms. The highest BCUT2D eigenvalue weighted by atomic mass is 35.5.